The molecule has 0 unspecified atom stereocenters. The molecule has 3 aromatic rings. The molecule has 0 aliphatic rings. The number of urea groups is 1. The van der Waals surface area contributed by atoms with Crippen LogP contribution in [0.5, 0.6) is 0 Å². The monoisotopic (exact) mass is 550 g/mol. The Morgan fingerprint density at radius 1 is 0.868 bits per heavy atom. The molecule has 3 rings (SSSR count). The first-order valence-electron chi connectivity index (χ1n) is 11.4. The molecule has 38 heavy (non-hydrogen) atoms. The zero-order valence-corrected chi connectivity index (χ0v) is 20.5. The Bertz CT molecular complexity index is 1240. The number of hydrogen-bond donors (Lipinski definition) is 2. The molecule has 0 radical (unpaired) electrons. The van der Waals surface area contributed by atoms with Crippen molar-refractivity contribution in [2.24, 2.45) is 0 Å². The summed E-state index contributed by atoms with van der Waals surface area (Å²) in [5.41, 5.74) is 0.344. The van der Waals surface area contributed by atoms with Gasteiger partial charge in [0, 0.05) is 42.4 Å². The number of hydrogen-bond acceptors (Lipinski definition) is 5. The molecule has 2 amide bonds. The lowest BCUT2D eigenvalue weighted by Crippen LogP contribution is -2.29. The van der Waals surface area contributed by atoms with Crippen LogP contribution in [0, 0.1) is 20.2 Å². The molecule has 0 fully saturated rings. The highest BCUT2D eigenvalue weighted by atomic mass is 35.5. The number of nitro groups is 2. The number of amides is 2. The van der Waals surface area contributed by atoms with Gasteiger partial charge in [-0.25, -0.2) is 4.79 Å². The van der Waals surface area contributed by atoms with Gasteiger partial charge in [-0.2, -0.15) is 13.2 Å². The second-order valence-electron chi connectivity index (χ2n) is 8.32. The number of nitro benzene ring substituents is 2. The summed E-state index contributed by atoms with van der Waals surface area (Å²) in [4.78, 5) is 33.1. The van der Waals surface area contributed by atoms with Crippen LogP contribution in [0.3, 0.4) is 0 Å². The van der Waals surface area contributed by atoms with Gasteiger partial charge < -0.3 is 10.6 Å². The van der Waals surface area contributed by atoms with E-state index in [-0.39, 0.29) is 29.5 Å². The Labute approximate surface area is 219 Å². The molecule has 3 aromatic carbocycles. The third-order valence-corrected chi connectivity index (χ3v) is 6.08. The number of unbranched alkanes of at least 4 members (excludes halogenated alkanes) is 1. The number of nitrogens with zero attached hydrogens (tertiary/aromatic N) is 2. The van der Waals surface area contributed by atoms with Crippen molar-refractivity contribution in [1.82, 2.24) is 5.32 Å². The zero-order valence-electron chi connectivity index (χ0n) is 19.7. The summed E-state index contributed by atoms with van der Waals surface area (Å²) < 4.78 is 39.0. The Hall–Kier alpha value is -4.19. The fraction of sp³-hybridized carbons (Fsp3) is 0.240. The molecule has 0 heterocycles. The number of alkyl halides is 3. The van der Waals surface area contributed by atoms with Gasteiger partial charge in [-0.05, 0) is 42.2 Å². The topological polar surface area (TPSA) is 127 Å². The molecule has 0 aliphatic heterocycles. The van der Waals surface area contributed by atoms with Gasteiger partial charge in [-0.15, -0.1) is 0 Å². The lowest BCUT2D eigenvalue weighted by molar-refractivity contribution is -0.385. The minimum absolute atomic E-state index is 0.0596. The van der Waals surface area contributed by atoms with E-state index in [1.165, 1.54) is 30.3 Å². The number of carbonyl (C=O) groups is 1. The van der Waals surface area contributed by atoms with E-state index in [1.807, 2.05) is 0 Å². The van der Waals surface area contributed by atoms with Gasteiger partial charge in [0.1, 0.15) is 0 Å². The smallest absolute Gasteiger partial charge is 0.338 e. The molecule has 0 saturated heterocycles. The van der Waals surface area contributed by atoms with E-state index in [2.05, 4.69) is 10.6 Å². The Morgan fingerprint density at radius 3 is 1.87 bits per heavy atom. The number of carbonyl (C=O) groups excluding carboxylic acids is 1. The Kier molecular flexibility index (Phi) is 9.24. The van der Waals surface area contributed by atoms with Crippen molar-refractivity contribution in [2.45, 2.75) is 31.4 Å². The summed E-state index contributed by atoms with van der Waals surface area (Å²) in [5.74, 6) is -0.208. The lowest BCUT2D eigenvalue weighted by Gasteiger charge is -2.18. The van der Waals surface area contributed by atoms with Gasteiger partial charge in [0.15, 0.2) is 0 Å². The van der Waals surface area contributed by atoms with Crippen LogP contribution in [0.1, 0.15) is 41.9 Å². The first-order chi connectivity index (χ1) is 18.0. The Morgan fingerprint density at radius 2 is 1.39 bits per heavy atom. The standard InChI is InChI=1S/C25H22ClF3N4O5/c26-23-13-8-18(15-22(23)25(27,28)29)31-24(34)30-14-2-1-3-21(16-4-9-19(10-5-16)32(35)36)17-6-11-20(12-7-17)33(37)38/h4-13,15,21H,1-3,14H2,(H2,30,31,34). The third-order valence-electron chi connectivity index (χ3n) is 5.75. The van der Waals surface area contributed by atoms with Gasteiger partial charge in [0.2, 0.25) is 0 Å². The molecule has 0 aliphatic carbocycles. The average molecular weight is 551 g/mol. The first-order valence-corrected chi connectivity index (χ1v) is 11.7. The molecule has 0 spiro atoms. The maximum absolute atomic E-state index is 13.0. The third kappa shape index (κ3) is 7.65. The summed E-state index contributed by atoms with van der Waals surface area (Å²) in [6.45, 7) is 0.235. The predicted molar refractivity (Wildman–Crippen MR) is 135 cm³/mol. The number of anilines is 1. The van der Waals surface area contributed by atoms with E-state index in [0.717, 1.165) is 23.3 Å². The minimum Gasteiger partial charge on any atom is -0.338 e. The Balaban J connectivity index is 1.59. The number of nitrogens with one attached hydrogen (secondary N) is 2. The van der Waals surface area contributed by atoms with E-state index >= 15 is 0 Å². The van der Waals surface area contributed by atoms with Crippen LogP contribution < -0.4 is 10.6 Å². The second-order valence-corrected chi connectivity index (χ2v) is 8.73. The summed E-state index contributed by atoms with van der Waals surface area (Å²) in [7, 11) is 0. The van der Waals surface area contributed by atoms with Gasteiger partial charge in [-0.3, -0.25) is 20.2 Å². The first kappa shape index (κ1) is 28.4. The number of non-ortho nitro benzene ring substituents is 2. The van der Waals surface area contributed by atoms with Crippen molar-refractivity contribution < 1.29 is 27.8 Å². The molecular formula is C25H22ClF3N4O5. The fourth-order valence-electron chi connectivity index (χ4n) is 3.85. The van der Waals surface area contributed by atoms with Gasteiger partial charge >= 0.3 is 12.2 Å². The zero-order chi connectivity index (χ0) is 27.9. The van der Waals surface area contributed by atoms with Crippen LogP contribution in [0.2, 0.25) is 5.02 Å². The van der Waals surface area contributed by atoms with Crippen molar-refractivity contribution in [3.05, 3.63) is 109 Å². The SMILES string of the molecule is O=C(NCCCCC(c1ccc([N+](=O)[O-])cc1)c1ccc([N+](=O)[O-])cc1)Nc1ccc(Cl)c(C(F)(F)F)c1. The highest BCUT2D eigenvalue weighted by Crippen LogP contribution is 2.36. The summed E-state index contributed by atoms with van der Waals surface area (Å²) in [5, 5.41) is 26.4. The van der Waals surface area contributed by atoms with Crippen LogP contribution in [-0.2, 0) is 6.18 Å². The highest BCUT2D eigenvalue weighted by molar-refractivity contribution is 6.31. The number of halogens is 4. The van der Waals surface area contributed by atoms with Crippen molar-refractivity contribution >= 4 is 34.7 Å². The van der Waals surface area contributed by atoms with Gasteiger partial charge in [0.05, 0.1) is 20.4 Å². The van der Waals surface area contributed by atoms with Crippen LogP contribution in [0.15, 0.2) is 66.7 Å². The molecule has 13 heteroatoms. The molecule has 0 saturated carbocycles. The molecule has 0 atom stereocenters. The quantitative estimate of drug-likeness (QED) is 0.155. The van der Waals surface area contributed by atoms with Gasteiger partial charge in [-0.1, -0.05) is 42.3 Å². The average Bonchev–Trinajstić information content (AvgIpc) is 2.87. The van der Waals surface area contributed by atoms with E-state index in [1.54, 1.807) is 24.3 Å². The molecule has 0 aromatic heterocycles. The molecule has 9 nitrogen and oxygen atoms in total. The number of rotatable bonds is 10. The largest absolute Gasteiger partial charge is 0.417 e. The van der Waals surface area contributed by atoms with Crippen LogP contribution in [0.4, 0.5) is 35.0 Å². The molecule has 2 N–H and O–H groups in total. The van der Waals surface area contributed by atoms with Gasteiger partial charge in [0.25, 0.3) is 11.4 Å². The normalized spacial score (nSPS) is 11.3. The minimum atomic E-state index is -4.66. The highest BCUT2D eigenvalue weighted by Gasteiger charge is 2.33. The molecule has 0 bridgehead atoms. The summed E-state index contributed by atoms with van der Waals surface area (Å²) >= 11 is 5.58. The maximum atomic E-state index is 13.0. The number of benzene rings is 3. The fourth-order valence-corrected chi connectivity index (χ4v) is 4.08. The van der Waals surface area contributed by atoms with Crippen LogP contribution in [0.25, 0.3) is 0 Å². The summed E-state index contributed by atoms with van der Waals surface area (Å²) in [6, 6.07) is 14.5. The molecule has 200 valence electrons. The maximum Gasteiger partial charge on any atom is 0.417 e. The van der Waals surface area contributed by atoms with Crippen molar-refractivity contribution in [3.8, 4) is 0 Å². The second kappa shape index (κ2) is 12.4. The lowest BCUT2D eigenvalue weighted by atomic mass is 9.87. The van der Waals surface area contributed by atoms with Crippen molar-refractivity contribution in [2.75, 3.05) is 11.9 Å². The van der Waals surface area contributed by atoms with Crippen molar-refractivity contribution in [1.29, 1.82) is 0 Å². The predicted octanol–water partition coefficient (Wildman–Crippen LogP) is 7.30. The van der Waals surface area contributed by atoms with E-state index < -0.39 is 32.6 Å². The van der Waals surface area contributed by atoms with Crippen molar-refractivity contribution in [3.63, 3.8) is 0 Å². The van der Waals surface area contributed by atoms with Crippen LogP contribution >= 0.6 is 11.6 Å². The van der Waals surface area contributed by atoms with Crippen LogP contribution in [-0.4, -0.2) is 22.4 Å². The van der Waals surface area contributed by atoms with E-state index in [4.69, 9.17) is 11.6 Å². The van der Waals surface area contributed by atoms with E-state index in [0.29, 0.717) is 19.3 Å². The van der Waals surface area contributed by atoms with E-state index in [9.17, 15) is 38.2 Å². The molecular weight excluding hydrogens is 529 g/mol. The summed E-state index contributed by atoms with van der Waals surface area (Å²) in [6.07, 6.45) is -2.95.